The summed E-state index contributed by atoms with van der Waals surface area (Å²) in [4.78, 5) is 27.1. The number of hydrogen-bond acceptors (Lipinski definition) is 6. The molecule has 0 bridgehead atoms. The maximum atomic E-state index is 13.2. The smallest absolute Gasteiger partial charge is 0.323 e. The summed E-state index contributed by atoms with van der Waals surface area (Å²) in [7, 11) is -3.99. The van der Waals surface area contributed by atoms with E-state index in [0.29, 0.717) is 17.1 Å². The average molecular weight is 506 g/mol. The van der Waals surface area contributed by atoms with Crippen LogP contribution in [0.25, 0.3) is 0 Å². The van der Waals surface area contributed by atoms with Crippen LogP contribution in [0.1, 0.15) is 6.42 Å². The number of nitrogens with one attached hydrogen (secondary N) is 2. The molecule has 1 aliphatic rings. The van der Waals surface area contributed by atoms with Gasteiger partial charge in [-0.05, 0) is 36.1 Å². The van der Waals surface area contributed by atoms with Gasteiger partial charge in [0.25, 0.3) is 15.9 Å². The van der Waals surface area contributed by atoms with Gasteiger partial charge in [-0.25, -0.2) is 13.2 Å². The minimum Gasteiger partial charge on any atom is -0.352 e. The minimum absolute atomic E-state index is 0.0934. The molecule has 1 unspecified atom stereocenters. The van der Waals surface area contributed by atoms with Crippen LogP contribution in [0.15, 0.2) is 39.9 Å². The summed E-state index contributed by atoms with van der Waals surface area (Å²) in [6.45, 7) is 0.595. The standard InChI is InChI=1S/C18H21Cl2N5O4S2/c19-13-5-4-12(11-14(13)20)23-18(27)24-8-2-9-25(17(24)16(26)22-7-6-21)31(28,29)15-3-1-10-30-15/h1,3-5,10-11,17H,2,6-9,21H2,(H,22,26)(H,23,27). The van der Waals surface area contributed by atoms with Crippen LogP contribution in [0.5, 0.6) is 0 Å². The van der Waals surface area contributed by atoms with Crippen molar-refractivity contribution >= 4 is 62.2 Å². The van der Waals surface area contributed by atoms with E-state index < -0.39 is 28.1 Å². The van der Waals surface area contributed by atoms with E-state index in [9.17, 15) is 18.0 Å². The largest absolute Gasteiger partial charge is 0.352 e. The molecule has 0 aliphatic carbocycles. The van der Waals surface area contributed by atoms with Gasteiger partial charge in [-0.15, -0.1) is 11.3 Å². The molecule has 1 aliphatic heterocycles. The first-order valence-electron chi connectivity index (χ1n) is 9.31. The first kappa shape index (κ1) is 23.8. The Labute approximate surface area is 194 Å². The summed E-state index contributed by atoms with van der Waals surface area (Å²) in [6, 6.07) is 6.98. The second-order valence-corrected chi connectivity index (χ2v) is 10.5. The van der Waals surface area contributed by atoms with Crippen LogP contribution in [0.2, 0.25) is 10.0 Å². The number of nitrogens with two attached hydrogens (primary N) is 1. The van der Waals surface area contributed by atoms with Gasteiger partial charge in [0, 0.05) is 31.9 Å². The fourth-order valence-corrected chi connectivity index (χ4v) is 6.13. The van der Waals surface area contributed by atoms with E-state index in [-0.39, 0.29) is 35.4 Å². The normalized spacial score (nSPS) is 17.4. The number of anilines is 1. The fraction of sp³-hybridized carbons (Fsp3) is 0.333. The fourth-order valence-electron chi connectivity index (χ4n) is 3.12. The maximum Gasteiger partial charge on any atom is 0.323 e. The van der Waals surface area contributed by atoms with E-state index in [4.69, 9.17) is 28.9 Å². The number of sulfonamides is 1. The quantitative estimate of drug-likeness (QED) is 0.555. The highest BCUT2D eigenvalue weighted by Crippen LogP contribution is 2.29. The zero-order valence-corrected chi connectivity index (χ0v) is 19.4. The number of halogens is 2. The highest BCUT2D eigenvalue weighted by molar-refractivity contribution is 7.91. The molecule has 1 atom stereocenters. The van der Waals surface area contributed by atoms with Gasteiger partial charge in [-0.1, -0.05) is 29.3 Å². The molecule has 1 saturated heterocycles. The monoisotopic (exact) mass is 505 g/mol. The molecule has 1 aromatic heterocycles. The lowest BCUT2D eigenvalue weighted by atomic mass is 10.2. The first-order chi connectivity index (χ1) is 14.8. The van der Waals surface area contributed by atoms with Crippen LogP contribution in [-0.4, -0.2) is 61.9 Å². The summed E-state index contributed by atoms with van der Waals surface area (Å²) < 4.78 is 27.5. The maximum absolute atomic E-state index is 13.2. The first-order valence-corrected chi connectivity index (χ1v) is 12.4. The van der Waals surface area contributed by atoms with Gasteiger partial charge in [0.2, 0.25) is 0 Å². The zero-order valence-electron chi connectivity index (χ0n) is 16.3. The van der Waals surface area contributed by atoms with Crippen LogP contribution in [-0.2, 0) is 14.8 Å². The van der Waals surface area contributed by atoms with Crippen molar-refractivity contribution in [2.45, 2.75) is 16.8 Å². The number of benzene rings is 1. The Hall–Kier alpha value is -1.89. The molecule has 0 saturated carbocycles. The Morgan fingerprint density at radius 1 is 1.19 bits per heavy atom. The van der Waals surface area contributed by atoms with Gasteiger partial charge < -0.3 is 16.4 Å². The van der Waals surface area contributed by atoms with E-state index in [1.165, 1.54) is 23.1 Å². The zero-order chi connectivity index (χ0) is 22.6. The summed E-state index contributed by atoms with van der Waals surface area (Å²) in [5.74, 6) is -0.630. The summed E-state index contributed by atoms with van der Waals surface area (Å²) in [5, 5.41) is 7.44. The van der Waals surface area contributed by atoms with Crippen molar-refractivity contribution in [1.29, 1.82) is 0 Å². The van der Waals surface area contributed by atoms with Crippen LogP contribution in [0.3, 0.4) is 0 Å². The van der Waals surface area contributed by atoms with Crippen molar-refractivity contribution in [3.8, 4) is 0 Å². The van der Waals surface area contributed by atoms with Crippen LogP contribution >= 0.6 is 34.5 Å². The predicted octanol–water partition coefficient (Wildman–Crippen LogP) is 2.38. The number of carbonyl (C=O) groups is 2. The number of rotatable bonds is 6. The van der Waals surface area contributed by atoms with E-state index in [1.807, 2.05) is 0 Å². The van der Waals surface area contributed by atoms with Gasteiger partial charge in [0.1, 0.15) is 4.21 Å². The molecule has 2 heterocycles. The summed E-state index contributed by atoms with van der Waals surface area (Å²) >= 11 is 12.9. The number of thiophene rings is 1. The van der Waals surface area contributed by atoms with Crippen LogP contribution in [0, 0.1) is 0 Å². The molecular weight excluding hydrogens is 485 g/mol. The van der Waals surface area contributed by atoms with Gasteiger partial charge in [-0.2, -0.15) is 4.31 Å². The Morgan fingerprint density at radius 3 is 2.61 bits per heavy atom. The molecule has 0 spiro atoms. The number of carbonyl (C=O) groups excluding carboxylic acids is 2. The third-order valence-corrected chi connectivity index (χ3v) is 8.48. The molecule has 4 N–H and O–H groups in total. The average Bonchev–Trinajstić information content (AvgIpc) is 3.30. The molecule has 31 heavy (non-hydrogen) atoms. The molecule has 2 aromatic rings. The summed E-state index contributed by atoms with van der Waals surface area (Å²) in [6.07, 6.45) is -1.00. The van der Waals surface area contributed by atoms with Crippen molar-refractivity contribution < 1.29 is 18.0 Å². The van der Waals surface area contributed by atoms with Gasteiger partial charge in [0.05, 0.1) is 10.0 Å². The number of hydrogen-bond donors (Lipinski definition) is 3. The van der Waals surface area contributed by atoms with Crippen molar-refractivity contribution in [2.75, 3.05) is 31.5 Å². The minimum atomic E-state index is -3.99. The second-order valence-electron chi connectivity index (χ2n) is 6.61. The molecule has 3 amide bonds. The van der Waals surface area contributed by atoms with Gasteiger partial charge in [-0.3, -0.25) is 9.69 Å². The van der Waals surface area contributed by atoms with Crippen LogP contribution in [0.4, 0.5) is 10.5 Å². The van der Waals surface area contributed by atoms with E-state index in [1.54, 1.807) is 17.5 Å². The lowest BCUT2D eigenvalue weighted by Gasteiger charge is -2.41. The molecule has 1 fully saturated rings. The van der Waals surface area contributed by atoms with E-state index >= 15 is 0 Å². The SMILES string of the molecule is NCCNC(=O)C1N(C(=O)Nc2ccc(Cl)c(Cl)c2)CCCN1S(=O)(=O)c1cccs1. The lowest BCUT2D eigenvalue weighted by Crippen LogP contribution is -2.64. The van der Waals surface area contributed by atoms with E-state index in [2.05, 4.69) is 10.6 Å². The number of amides is 3. The molecule has 3 rings (SSSR count). The van der Waals surface area contributed by atoms with Gasteiger partial charge in [0.15, 0.2) is 6.17 Å². The number of nitrogens with zero attached hydrogens (tertiary/aromatic N) is 2. The Bertz CT molecular complexity index is 1050. The predicted molar refractivity (Wildman–Crippen MR) is 121 cm³/mol. The van der Waals surface area contributed by atoms with Crippen molar-refractivity contribution in [3.63, 3.8) is 0 Å². The summed E-state index contributed by atoms with van der Waals surface area (Å²) in [5.41, 5.74) is 5.83. The molecular formula is C18H21Cl2N5O4S2. The second kappa shape index (κ2) is 10.2. The van der Waals surface area contributed by atoms with Crippen molar-refractivity contribution in [3.05, 3.63) is 45.8 Å². The number of urea groups is 1. The van der Waals surface area contributed by atoms with E-state index in [0.717, 1.165) is 15.6 Å². The third kappa shape index (κ3) is 5.30. The Morgan fingerprint density at radius 2 is 1.97 bits per heavy atom. The van der Waals surface area contributed by atoms with Crippen molar-refractivity contribution in [1.82, 2.24) is 14.5 Å². The topological polar surface area (TPSA) is 125 Å². The van der Waals surface area contributed by atoms with Crippen LogP contribution < -0.4 is 16.4 Å². The van der Waals surface area contributed by atoms with Gasteiger partial charge >= 0.3 is 6.03 Å². The third-order valence-electron chi connectivity index (χ3n) is 4.51. The molecule has 9 nitrogen and oxygen atoms in total. The lowest BCUT2D eigenvalue weighted by molar-refractivity contribution is -0.130. The van der Waals surface area contributed by atoms with Crippen molar-refractivity contribution in [2.24, 2.45) is 5.73 Å². The molecule has 168 valence electrons. The highest BCUT2D eigenvalue weighted by atomic mass is 35.5. The molecule has 1 aromatic carbocycles. The molecule has 13 heteroatoms. The Kier molecular flexibility index (Phi) is 7.78. The highest BCUT2D eigenvalue weighted by Gasteiger charge is 2.44. The Balaban J connectivity index is 1.92. The molecule has 0 radical (unpaired) electrons.